The highest BCUT2D eigenvalue weighted by Crippen LogP contribution is 2.31. The summed E-state index contributed by atoms with van der Waals surface area (Å²) in [6.45, 7) is 3.99. The standard InChI is InChI=1S/C20H22N2O2.ClH/c1-14(21)10-18-12-19(11-17-8-9-24-20(17)18)22(13-23)15(2)16-6-4-3-5-7-16;/h3-9,11-15H,10,21H2,1-2H3;1H. The quantitative estimate of drug-likeness (QED) is 0.661. The lowest BCUT2D eigenvalue weighted by Gasteiger charge is -2.26. The van der Waals surface area contributed by atoms with E-state index in [1.165, 1.54) is 0 Å². The first-order valence-electron chi connectivity index (χ1n) is 8.14. The molecule has 0 fully saturated rings. The summed E-state index contributed by atoms with van der Waals surface area (Å²) in [5.74, 6) is 0. The van der Waals surface area contributed by atoms with E-state index in [0.717, 1.165) is 34.2 Å². The summed E-state index contributed by atoms with van der Waals surface area (Å²) in [5, 5.41) is 0.982. The number of fused-ring (bicyclic) bond motifs is 1. The van der Waals surface area contributed by atoms with Gasteiger partial charge in [0.1, 0.15) is 5.58 Å². The molecular formula is C20H23ClN2O2. The third-order valence-corrected chi connectivity index (χ3v) is 4.27. The largest absolute Gasteiger partial charge is 0.464 e. The Morgan fingerprint density at radius 3 is 2.52 bits per heavy atom. The maximum atomic E-state index is 11.8. The van der Waals surface area contributed by atoms with E-state index in [0.29, 0.717) is 6.42 Å². The topological polar surface area (TPSA) is 59.5 Å². The van der Waals surface area contributed by atoms with E-state index >= 15 is 0 Å². The van der Waals surface area contributed by atoms with Crippen molar-refractivity contribution in [3.05, 3.63) is 65.9 Å². The van der Waals surface area contributed by atoms with Crippen molar-refractivity contribution < 1.29 is 9.21 Å². The van der Waals surface area contributed by atoms with Crippen molar-refractivity contribution in [3.8, 4) is 0 Å². The van der Waals surface area contributed by atoms with Gasteiger partial charge in [-0.05, 0) is 49.6 Å². The molecular weight excluding hydrogens is 336 g/mol. The summed E-state index contributed by atoms with van der Waals surface area (Å²) in [7, 11) is 0. The van der Waals surface area contributed by atoms with Crippen LogP contribution in [-0.4, -0.2) is 12.5 Å². The molecule has 2 atom stereocenters. The number of halogens is 1. The van der Waals surface area contributed by atoms with Crippen LogP contribution in [0.1, 0.15) is 31.0 Å². The number of nitrogens with zero attached hydrogens (tertiary/aromatic N) is 1. The molecule has 0 spiro atoms. The van der Waals surface area contributed by atoms with Crippen LogP contribution in [0.15, 0.2) is 59.2 Å². The second kappa shape index (κ2) is 8.19. The van der Waals surface area contributed by atoms with Crippen molar-refractivity contribution in [1.29, 1.82) is 0 Å². The number of carbonyl (C=O) groups is 1. The second-order valence-electron chi connectivity index (χ2n) is 6.22. The van der Waals surface area contributed by atoms with Gasteiger partial charge in [0.25, 0.3) is 0 Å². The van der Waals surface area contributed by atoms with E-state index in [-0.39, 0.29) is 24.5 Å². The molecule has 2 N–H and O–H groups in total. The molecule has 2 aromatic carbocycles. The van der Waals surface area contributed by atoms with Gasteiger partial charge in [-0.1, -0.05) is 30.3 Å². The number of benzene rings is 2. The molecule has 0 radical (unpaired) electrons. The Labute approximate surface area is 154 Å². The van der Waals surface area contributed by atoms with Crippen LogP contribution < -0.4 is 10.6 Å². The number of furan rings is 1. The predicted molar refractivity (Wildman–Crippen MR) is 104 cm³/mol. The van der Waals surface area contributed by atoms with Crippen LogP contribution in [0.5, 0.6) is 0 Å². The Hall–Kier alpha value is -2.30. The second-order valence-corrected chi connectivity index (χ2v) is 6.22. The first-order chi connectivity index (χ1) is 11.6. The van der Waals surface area contributed by atoms with E-state index in [9.17, 15) is 4.79 Å². The zero-order valence-electron chi connectivity index (χ0n) is 14.4. The third kappa shape index (κ3) is 4.03. The summed E-state index contributed by atoms with van der Waals surface area (Å²) < 4.78 is 5.60. The number of anilines is 1. The van der Waals surface area contributed by atoms with Gasteiger partial charge in [0.2, 0.25) is 6.41 Å². The molecule has 0 aliphatic carbocycles. The van der Waals surface area contributed by atoms with Gasteiger partial charge in [0.15, 0.2) is 0 Å². The van der Waals surface area contributed by atoms with Gasteiger partial charge >= 0.3 is 0 Å². The molecule has 1 aromatic heterocycles. The van der Waals surface area contributed by atoms with Gasteiger partial charge in [-0.3, -0.25) is 4.79 Å². The number of hydrogen-bond donors (Lipinski definition) is 1. The molecule has 4 nitrogen and oxygen atoms in total. The van der Waals surface area contributed by atoms with E-state index in [1.54, 1.807) is 11.2 Å². The number of carbonyl (C=O) groups excluding carboxylic acids is 1. The fourth-order valence-corrected chi connectivity index (χ4v) is 3.05. The normalized spacial score (nSPS) is 13.1. The molecule has 25 heavy (non-hydrogen) atoms. The van der Waals surface area contributed by atoms with Gasteiger partial charge in [-0.2, -0.15) is 0 Å². The van der Waals surface area contributed by atoms with Crippen molar-refractivity contribution in [2.24, 2.45) is 5.73 Å². The first kappa shape index (κ1) is 19.0. The first-order valence-corrected chi connectivity index (χ1v) is 8.14. The number of amides is 1. The molecule has 132 valence electrons. The Morgan fingerprint density at radius 1 is 1.16 bits per heavy atom. The van der Waals surface area contributed by atoms with Crippen LogP contribution in [0.3, 0.4) is 0 Å². The minimum atomic E-state index is -0.0591. The molecule has 2 unspecified atom stereocenters. The molecule has 0 aliphatic heterocycles. The molecule has 0 saturated carbocycles. The molecule has 3 rings (SSSR count). The van der Waals surface area contributed by atoms with Crippen LogP contribution in [-0.2, 0) is 11.2 Å². The average molecular weight is 359 g/mol. The Balaban J connectivity index is 0.00000225. The summed E-state index contributed by atoms with van der Waals surface area (Å²) >= 11 is 0. The maximum absolute atomic E-state index is 11.8. The van der Waals surface area contributed by atoms with E-state index < -0.39 is 0 Å². The van der Waals surface area contributed by atoms with Crippen LogP contribution >= 0.6 is 12.4 Å². The molecule has 0 saturated heterocycles. The molecule has 1 amide bonds. The van der Waals surface area contributed by atoms with Gasteiger partial charge in [-0.25, -0.2) is 0 Å². The molecule has 5 heteroatoms. The van der Waals surface area contributed by atoms with E-state index in [4.69, 9.17) is 10.2 Å². The van der Waals surface area contributed by atoms with Crippen molar-refractivity contribution in [2.45, 2.75) is 32.4 Å². The lowest BCUT2D eigenvalue weighted by molar-refractivity contribution is -0.107. The highest BCUT2D eigenvalue weighted by atomic mass is 35.5. The average Bonchev–Trinajstić information content (AvgIpc) is 3.04. The van der Waals surface area contributed by atoms with Crippen molar-refractivity contribution in [2.75, 3.05) is 4.90 Å². The minimum absolute atomic E-state index is 0. The zero-order valence-corrected chi connectivity index (χ0v) is 15.2. The van der Waals surface area contributed by atoms with E-state index in [1.807, 2.05) is 62.4 Å². The van der Waals surface area contributed by atoms with E-state index in [2.05, 4.69) is 0 Å². The zero-order chi connectivity index (χ0) is 17.1. The van der Waals surface area contributed by atoms with Gasteiger partial charge in [0.05, 0.1) is 12.3 Å². The Morgan fingerprint density at radius 2 is 1.88 bits per heavy atom. The number of rotatable bonds is 6. The molecule has 0 bridgehead atoms. The lowest BCUT2D eigenvalue weighted by atomic mass is 10.0. The fraction of sp³-hybridized carbons (Fsp3) is 0.250. The van der Waals surface area contributed by atoms with Gasteiger partial charge in [0, 0.05) is 17.1 Å². The summed E-state index contributed by atoms with van der Waals surface area (Å²) in [6, 6.07) is 15.9. The van der Waals surface area contributed by atoms with Crippen LogP contribution in [0.4, 0.5) is 5.69 Å². The fourth-order valence-electron chi connectivity index (χ4n) is 3.05. The molecule has 3 aromatic rings. The highest BCUT2D eigenvalue weighted by molar-refractivity contribution is 5.88. The van der Waals surface area contributed by atoms with Gasteiger partial charge in [-0.15, -0.1) is 12.4 Å². The number of hydrogen-bond acceptors (Lipinski definition) is 3. The highest BCUT2D eigenvalue weighted by Gasteiger charge is 2.18. The Bertz CT molecular complexity index is 830. The van der Waals surface area contributed by atoms with Crippen LogP contribution in [0, 0.1) is 0 Å². The van der Waals surface area contributed by atoms with Crippen LogP contribution in [0.25, 0.3) is 11.0 Å². The van der Waals surface area contributed by atoms with Crippen molar-refractivity contribution in [3.63, 3.8) is 0 Å². The van der Waals surface area contributed by atoms with Gasteiger partial charge < -0.3 is 15.1 Å². The molecule has 1 heterocycles. The molecule has 0 aliphatic rings. The summed E-state index contributed by atoms with van der Waals surface area (Å²) in [6.07, 6.45) is 3.25. The maximum Gasteiger partial charge on any atom is 0.214 e. The third-order valence-electron chi connectivity index (χ3n) is 4.27. The number of nitrogens with two attached hydrogens (primary N) is 1. The lowest BCUT2D eigenvalue weighted by Crippen LogP contribution is -2.25. The Kier molecular flexibility index (Phi) is 6.23. The minimum Gasteiger partial charge on any atom is -0.464 e. The van der Waals surface area contributed by atoms with Crippen LogP contribution in [0.2, 0.25) is 0 Å². The monoisotopic (exact) mass is 358 g/mol. The predicted octanol–water partition coefficient (Wildman–Crippen LogP) is 4.47. The summed E-state index contributed by atoms with van der Waals surface area (Å²) in [4.78, 5) is 13.5. The van der Waals surface area contributed by atoms with Crippen molar-refractivity contribution >= 4 is 35.5 Å². The van der Waals surface area contributed by atoms with Crippen molar-refractivity contribution in [1.82, 2.24) is 0 Å². The summed E-state index contributed by atoms with van der Waals surface area (Å²) in [5.41, 5.74) is 9.77. The smallest absolute Gasteiger partial charge is 0.214 e. The SMILES string of the molecule is CC(N)Cc1cc(N(C=O)C(C)c2ccccc2)cc2ccoc12.Cl.